The minimum atomic E-state index is -3.31. The van der Waals surface area contributed by atoms with E-state index in [-0.39, 0.29) is 17.3 Å². The van der Waals surface area contributed by atoms with Crippen LogP contribution in [0.2, 0.25) is 0 Å². The number of carbonyl (C=O) groups excluding carboxylic acids is 1. The van der Waals surface area contributed by atoms with Gasteiger partial charge in [-0.25, -0.2) is 23.4 Å². The number of aromatic nitrogens is 5. The van der Waals surface area contributed by atoms with Gasteiger partial charge in [-0.2, -0.15) is 0 Å². The zero-order valence-corrected chi connectivity index (χ0v) is 20.6. The molecule has 5 rings (SSSR count). The second-order valence-electron chi connectivity index (χ2n) is 8.41. The van der Waals surface area contributed by atoms with Crippen LogP contribution in [0.5, 0.6) is 0 Å². The number of pyridine rings is 1. The lowest BCUT2D eigenvalue weighted by Crippen LogP contribution is -2.37. The molecule has 3 aromatic heterocycles. The quantitative estimate of drug-likeness (QED) is 0.355. The molecule has 0 spiro atoms. The number of aryl methyl sites for hydroxylation is 1. The maximum absolute atomic E-state index is 12.4. The second-order valence-corrected chi connectivity index (χ2v) is 10.4. The summed E-state index contributed by atoms with van der Waals surface area (Å²) in [6.45, 7) is 0.456. The Bertz CT molecular complexity index is 1570. The Labute approximate surface area is 207 Å². The minimum absolute atomic E-state index is 0.0559. The number of sulfonamides is 1. The molecule has 1 aliphatic rings. The van der Waals surface area contributed by atoms with Gasteiger partial charge >= 0.3 is 0 Å². The number of nitrogens with two attached hydrogens (primary N) is 1. The normalized spacial score (nSPS) is 15.1. The van der Waals surface area contributed by atoms with Crippen molar-refractivity contribution >= 4 is 50.0 Å². The molecular formula is C23H25N9O3S. The summed E-state index contributed by atoms with van der Waals surface area (Å²) in [5.41, 5.74) is 9.24. The van der Waals surface area contributed by atoms with Gasteiger partial charge in [0.25, 0.3) is 5.91 Å². The van der Waals surface area contributed by atoms with Crippen molar-refractivity contribution in [3.8, 4) is 11.3 Å². The van der Waals surface area contributed by atoms with Gasteiger partial charge in [0.15, 0.2) is 17.3 Å². The first kappa shape index (κ1) is 23.5. The number of hydrogen-bond acceptors (Lipinski definition) is 9. The van der Waals surface area contributed by atoms with Crippen LogP contribution in [0.1, 0.15) is 23.3 Å². The summed E-state index contributed by atoms with van der Waals surface area (Å²) in [5, 5.41) is 6.10. The zero-order chi connectivity index (χ0) is 25.4. The molecule has 1 aromatic carbocycles. The number of benzene rings is 1. The van der Waals surface area contributed by atoms with Crippen molar-refractivity contribution in [1.29, 1.82) is 0 Å². The van der Waals surface area contributed by atoms with E-state index in [4.69, 9.17) is 5.73 Å². The average Bonchev–Trinajstić information content (AvgIpc) is 3.25. The molecule has 0 unspecified atom stereocenters. The Kier molecular flexibility index (Phi) is 5.92. The van der Waals surface area contributed by atoms with Gasteiger partial charge in [-0.1, -0.05) is 0 Å². The van der Waals surface area contributed by atoms with Gasteiger partial charge in [-0.3, -0.25) is 14.1 Å². The van der Waals surface area contributed by atoms with Crippen LogP contribution < -0.4 is 20.7 Å². The molecule has 0 bridgehead atoms. The number of rotatable bonds is 6. The van der Waals surface area contributed by atoms with E-state index in [1.54, 1.807) is 50.0 Å². The fourth-order valence-corrected chi connectivity index (χ4v) is 5.84. The third-order valence-electron chi connectivity index (χ3n) is 6.03. The molecule has 4 N–H and O–H groups in total. The molecule has 1 amide bonds. The van der Waals surface area contributed by atoms with E-state index in [2.05, 4.69) is 30.6 Å². The van der Waals surface area contributed by atoms with Gasteiger partial charge in [0, 0.05) is 32.5 Å². The molecule has 4 heterocycles. The summed E-state index contributed by atoms with van der Waals surface area (Å²) in [6.07, 6.45) is 6.47. The number of nitrogens with zero attached hydrogens (tertiary/aromatic N) is 6. The molecule has 12 nitrogen and oxygen atoms in total. The minimum Gasteiger partial charge on any atom is -0.371 e. The van der Waals surface area contributed by atoms with Crippen molar-refractivity contribution in [2.45, 2.75) is 12.8 Å². The first-order valence-electron chi connectivity index (χ1n) is 11.3. The monoisotopic (exact) mass is 507 g/mol. The standard InChI is InChI=1S/C23H25N9O3S/c1-25-22-19(16-11-26-12-17-18(16)27-13-31(17)2)29-20(21(24)33)23(30-22)28-14-5-7-15(8-6-14)32-9-3-4-10-36(32,34)35/h5-8,11-13H,3-4,9-10H2,1-2H3,(H2,24,33)(H2,25,28,30). The van der Waals surface area contributed by atoms with Crippen molar-refractivity contribution in [3.05, 3.63) is 48.7 Å². The van der Waals surface area contributed by atoms with Crippen LogP contribution in [0.3, 0.4) is 0 Å². The number of amides is 1. The van der Waals surface area contributed by atoms with Crippen LogP contribution in [-0.4, -0.2) is 58.2 Å². The molecule has 186 valence electrons. The number of nitrogens with one attached hydrogen (secondary N) is 2. The van der Waals surface area contributed by atoms with E-state index in [0.717, 1.165) is 11.9 Å². The molecule has 13 heteroatoms. The number of anilines is 4. The molecule has 1 aliphatic heterocycles. The number of imidazole rings is 1. The summed E-state index contributed by atoms with van der Waals surface area (Å²) in [4.78, 5) is 30.2. The van der Waals surface area contributed by atoms with Crippen LogP contribution in [-0.2, 0) is 17.1 Å². The van der Waals surface area contributed by atoms with Gasteiger partial charge in [-0.05, 0) is 37.1 Å². The number of hydrogen-bond donors (Lipinski definition) is 3. The van der Waals surface area contributed by atoms with Crippen molar-refractivity contribution < 1.29 is 13.2 Å². The molecule has 1 saturated heterocycles. The largest absolute Gasteiger partial charge is 0.371 e. The van der Waals surface area contributed by atoms with E-state index >= 15 is 0 Å². The van der Waals surface area contributed by atoms with Crippen molar-refractivity contribution in [2.24, 2.45) is 12.8 Å². The number of fused-ring (bicyclic) bond motifs is 1. The van der Waals surface area contributed by atoms with Crippen LogP contribution in [0.25, 0.3) is 22.3 Å². The summed E-state index contributed by atoms with van der Waals surface area (Å²) in [6, 6.07) is 6.86. The highest BCUT2D eigenvalue weighted by Gasteiger charge is 2.26. The molecule has 0 atom stereocenters. The molecular weight excluding hydrogens is 482 g/mol. The highest BCUT2D eigenvalue weighted by molar-refractivity contribution is 7.92. The van der Waals surface area contributed by atoms with Gasteiger partial charge in [0.1, 0.15) is 11.2 Å². The SMILES string of the molecule is CNc1nc(Nc2ccc(N3CCCCS3(=O)=O)cc2)c(C(N)=O)nc1-c1cncc2c1ncn2C. The van der Waals surface area contributed by atoms with Crippen LogP contribution >= 0.6 is 0 Å². The lowest BCUT2D eigenvalue weighted by molar-refractivity contribution is 0.0996. The molecule has 0 aliphatic carbocycles. The van der Waals surface area contributed by atoms with Crippen molar-refractivity contribution in [1.82, 2.24) is 24.5 Å². The Morgan fingerprint density at radius 3 is 2.56 bits per heavy atom. The predicted octanol–water partition coefficient (Wildman–Crippen LogP) is 2.24. The lowest BCUT2D eigenvalue weighted by atomic mass is 10.1. The van der Waals surface area contributed by atoms with Crippen LogP contribution in [0.15, 0.2) is 43.0 Å². The molecule has 0 saturated carbocycles. The first-order valence-corrected chi connectivity index (χ1v) is 12.9. The fraction of sp³-hybridized carbons (Fsp3) is 0.261. The summed E-state index contributed by atoms with van der Waals surface area (Å²) < 4.78 is 28.1. The second kappa shape index (κ2) is 9.07. The summed E-state index contributed by atoms with van der Waals surface area (Å²) in [5.74, 6) is -0.0505. The van der Waals surface area contributed by atoms with E-state index in [1.807, 2.05) is 11.6 Å². The van der Waals surface area contributed by atoms with E-state index in [1.165, 1.54) is 4.31 Å². The van der Waals surface area contributed by atoms with E-state index in [9.17, 15) is 13.2 Å². The Morgan fingerprint density at radius 2 is 1.86 bits per heavy atom. The van der Waals surface area contributed by atoms with Gasteiger partial charge < -0.3 is 20.9 Å². The smallest absolute Gasteiger partial charge is 0.271 e. The third-order valence-corrected chi connectivity index (χ3v) is 7.90. The topological polar surface area (TPSA) is 161 Å². The maximum Gasteiger partial charge on any atom is 0.271 e. The maximum atomic E-state index is 12.4. The van der Waals surface area contributed by atoms with Gasteiger partial charge in [0.2, 0.25) is 10.0 Å². The van der Waals surface area contributed by atoms with Crippen molar-refractivity contribution in [3.63, 3.8) is 0 Å². The average molecular weight is 508 g/mol. The van der Waals surface area contributed by atoms with Crippen LogP contribution in [0.4, 0.5) is 23.0 Å². The number of carbonyl (C=O) groups is 1. The Hall–Kier alpha value is -4.26. The van der Waals surface area contributed by atoms with Gasteiger partial charge in [-0.15, -0.1) is 0 Å². The lowest BCUT2D eigenvalue weighted by Gasteiger charge is -2.28. The zero-order valence-electron chi connectivity index (χ0n) is 19.8. The molecule has 4 aromatic rings. The Balaban J connectivity index is 1.52. The highest BCUT2D eigenvalue weighted by Crippen LogP contribution is 2.33. The van der Waals surface area contributed by atoms with Crippen molar-refractivity contribution in [2.75, 3.05) is 34.3 Å². The summed E-state index contributed by atoms with van der Waals surface area (Å²) >= 11 is 0. The predicted molar refractivity (Wildman–Crippen MR) is 138 cm³/mol. The molecule has 36 heavy (non-hydrogen) atoms. The highest BCUT2D eigenvalue weighted by atomic mass is 32.2. The molecule has 1 fully saturated rings. The molecule has 0 radical (unpaired) electrons. The van der Waals surface area contributed by atoms with Crippen LogP contribution in [0, 0.1) is 0 Å². The van der Waals surface area contributed by atoms with Gasteiger partial charge in [0.05, 0.1) is 35.0 Å². The van der Waals surface area contributed by atoms with E-state index < -0.39 is 15.9 Å². The first-order chi connectivity index (χ1) is 17.3. The third kappa shape index (κ3) is 4.17. The summed E-state index contributed by atoms with van der Waals surface area (Å²) in [7, 11) is 0.245. The van der Waals surface area contributed by atoms with E-state index in [0.29, 0.717) is 46.9 Å². The Morgan fingerprint density at radius 1 is 1.08 bits per heavy atom. The fourth-order valence-electron chi connectivity index (χ4n) is 4.20. The number of primary amides is 1.